The Morgan fingerprint density at radius 1 is 0.467 bits per heavy atom. The van der Waals surface area contributed by atoms with Crippen LogP contribution in [0, 0.1) is 13.8 Å². The molecule has 0 N–H and O–H groups in total. The summed E-state index contributed by atoms with van der Waals surface area (Å²) in [6.07, 6.45) is 0. The van der Waals surface area contributed by atoms with Gasteiger partial charge in [-0.1, -0.05) is 0 Å². The van der Waals surface area contributed by atoms with Gasteiger partial charge in [-0.25, -0.2) is 0 Å². The van der Waals surface area contributed by atoms with Crippen LogP contribution >= 0.6 is 6.60 Å². The summed E-state index contributed by atoms with van der Waals surface area (Å²) in [7, 11) is -1.03. The molecule has 0 heterocycles. The van der Waals surface area contributed by atoms with Crippen LogP contribution in [0.4, 0.5) is 0 Å². The van der Waals surface area contributed by atoms with Gasteiger partial charge in [-0.3, -0.25) is 0 Å². The van der Waals surface area contributed by atoms with Gasteiger partial charge in [0.25, 0.3) is 0 Å². The number of rotatable bonds is 9. The Morgan fingerprint density at radius 3 is 1.36 bits per heavy atom. The van der Waals surface area contributed by atoms with Crippen LogP contribution in [-0.2, 0) is 0 Å². The van der Waals surface area contributed by atoms with Gasteiger partial charge in [-0.05, 0) is 0 Å². The van der Waals surface area contributed by atoms with E-state index in [2.05, 4.69) is 122 Å². The SMILES string of the molecule is Cc1cc(C)cc(P(c2ccccc2)(c2ccccc2OB(Oc2ccccc2)Oc2ccccc2)(C(C)(C)C)C(C)(C)C)c1. The Hall–Kier alpha value is -4.01. The molecule has 5 rings (SSSR count). The Kier molecular flexibility index (Phi) is 8.93. The molecule has 0 atom stereocenters. The normalized spacial score (nSPS) is 12.9. The van der Waals surface area contributed by atoms with Crippen molar-refractivity contribution in [2.75, 3.05) is 0 Å². The summed E-state index contributed by atoms with van der Waals surface area (Å²) in [4.78, 5) is 0. The van der Waals surface area contributed by atoms with Gasteiger partial charge in [0.15, 0.2) is 0 Å². The Morgan fingerprint density at radius 2 is 0.889 bits per heavy atom. The van der Waals surface area contributed by atoms with Gasteiger partial charge in [-0.15, -0.1) is 0 Å². The molecule has 5 aromatic rings. The van der Waals surface area contributed by atoms with Crippen molar-refractivity contribution >= 4 is 29.8 Å². The van der Waals surface area contributed by atoms with Crippen molar-refractivity contribution in [3.63, 3.8) is 0 Å². The average Bonchev–Trinajstić information content (AvgIpc) is 2.98. The van der Waals surface area contributed by atoms with Gasteiger partial charge in [0, 0.05) is 0 Å². The van der Waals surface area contributed by atoms with Crippen molar-refractivity contribution in [1.82, 2.24) is 0 Å². The molecule has 45 heavy (non-hydrogen) atoms. The van der Waals surface area contributed by atoms with E-state index in [1.54, 1.807) is 0 Å². The molecule has 0 radical (unpaired) electrons. The summed E-state index contributed by atoms with van der Waals surface area (Å²) in [5, 5.41) is 3.39. The van der Waals surface area contributed by atoms with E-state index in [-0.39, 0.29) is 10.3 Å². The fraction of sp³-hybridized carbons (Fsp3) is 0.250. The molecule has 0 aromatic heterocycles. The van der Waals surface area contributed by atoms with Crippen LogP contribution < -0.4 is 29.9 Å². The third-order valence-corrected chi connectivity index (χ3v) is 18.5. The average molecular weight is 617 g/mol. The molecule has 0 bridgehead atoms. The standard InChI is InChI=1S/C40H46BO3P/c1-31-28-32(2)30-36(29-31)45(39(3,4)5,40(6,7)8,35-24-16-11-17-25-35)38-27-19-18-26-37(38)44-41(42-33-20-12-9-13-21-33)43-34-22-14-10-15-23-34/h9-30H,1-8H3. The molecular weight excluding hydrogens is 570 g/mol. The second kappa shape index (κ2) is 12.4. The molecule has 5 aromatic carbocycles. The van der Waals surface area contributed by atoms with Crippen molar-refractivity contribution in [2.24, 2.45) is 0 Å². The van der Waals surface area contributed by atoms with E-state index in [1.807, 2.05) is 66.7 Å². The van der Waals surface area contributed by atoms with Crippen LogP contribution in [0.2, 0.25) is 0 Å². The summed E-state index contributed by atoms with van der Waals surface area (Å²) in [6.45, 7) is 15.4. The second-order valence-corrected chi connectivity index (χ2v) is 20.3. The van der Waals surface area contributed by atoms with Crippen LogP contribution in [0.25, 0.3) is 0 Å². The van der Waals surface area contributed by atoms with Crippen molar-refractivity contribution in [1.29, 1.82) is 0 Å². The molecule has 0 spiro atoms. The van der Waals surface area contributed by atoms with Crippen molar-refractivity contribution in [3.05, 3.63) is 145 Å². The minimum atomic E-state index is -3.52. The topological polar surface area (TPSA) is 27.7 Å². The summed E-state index contributed by atoms with van der Waals surface area (Å²) < 4.78 is 19.8. The van der Waals surface area contributed by atoms with E-state index in [9.17, 15) is 0 Å². The predicted octanol–water partition coefficient (Wildman–Crippen LogP) is 9.25. The van der Waals surface area contributed by atoms with E-state index in [0.717, 1.165) is 5.75 Å². The van der Waals surface area contributed by atoms with E-state index in [0.29, 0.717) is 11.5 Å². The van der Waals surface area contributed by atoms with Crippen LogP contribution in [0.5, 0.6) is 17.2 Å². The molecule has 0 aliphatic rings. The summed E-state index contributed by atoms with van der Waals surface area (Å²) in [5.74, 6) is 2.08. The number of benzene rings is 5. The van der Waals surface area contributed by atoms with Crippen LogP contribution in [0.3, 0.4) is 0 Å². The molecule has 0 aliphatic carbocycles. The van der Waals surface area contributed by atoms with Crippen molar-refractivity contribution in [2.45, 2.75) is 65.7 Å². The maximum absolute atomic E-state index is 6.97. The zero-order valence-corrected chi connectivity index (χ0v) is 28.8. The van der Waals surface area contributed by atoms with Crippen molar-refractivity contribution in [3.8, 4) is 17.2 Å². The van der Waals surface area contributed by atoms with Crippen LogP contribution in [0.1, 0.15) is 52.7 Å². The van der Waals surface area contributed by atoms with E-state index in [1.165, 1.54) is 27.0 Å². The maximum atomic E-state index is 6.97. The fourth-order valence-corrected chi connectivity index (χ4v) is 18.0. The summed E-state index contributed by atoms with van der Waals surface area (Å²) in [5.41, 5.74) is 2.50. The van der Waals surface area contributed by atoms with Gasteiger partial charge in [0.05, 0.1) is 0 Å². The summed E-state index contributed by atoms with van der Waals surface area (Å²) >= 11 is 0. The Labute approximate surface area is 270 Å². The molecule has 0 aliphatic heterocycles. The minimum absolute atomic E-state index is 0.235. The van der Waals surface area contributed by atoms with Crippen molar-refractivity contribution < 1.29 is 14.0 Å². The van der Waals surface area contributed by atoms with Gasteiger partial charge >= 0.3 is 271 Å². The third-order valence-electron chi connectivity index (χ3n) is 9.20. The zero-order valence-electron chi connectivity index (χ0n) is 28.0. The Balaban J connectivity index is 1.86. The number of aryl methyl sites for hydroxylation is 2. The number of para-hydroxylation sites is 3. The van der Waals surface area contributed by atoms with Gasteiger partial charge < -0.3 is 0 Å². The molecule has 0 saturated heterocycles. The first-order valence-corrected chi connectivity index (χ1v) is 18.0. The quantitative estimate of drug-likeness (QED) is 0.122. The second-order valence-electron chi connectivity index (χ2n) is 13.9. The first kappa shape index (κ1) is 32.4. The predicted molar refractivity (Wildman–Crippen MR) is 195 cm³/mol. The van der Waals surface area contributed by atoms with Crippen LogP contribution in [0.15, 0.2) is 133 Å². The molecular formula is C40H46BO3P. The Bertz CT molecular complexity index is 1650. The number of hydrogen-bond donors (Lipinski definition) is 0. The molecule has 0 fully saturated rings. The van der Waals surface area contributed by atoms with E-state index in [4.69, 9.17) is 14.0 Å². The van der Waals surface area contributed by atoms with E-state index < -0.39 is 13.9 Å². The first-order chi connectivity index (χ1) is 21.4. The monoisotopic (exact) mass is 616 g/mol. The molecule has 0 amide bonds. The van der Waals surface area contributed by atoms with Gasteiger partial charge in [0.1, 0.15) is 0 Å². The molecule has 0 saturated carbocycles. The third kappa shape index (κ3) is 5.44. The first-order valence-electron chi connectivity index (χ1n) is 15.7. The molecule has 3 nitrogen and oxygen atoms in total. The molecule has 232 valence electrons. The van der Waals surface area contributed by atoms with Gasteiger partial charge in [-0.2, -0.15) is 0 Å². The van der Waals surface area contributed by atoms with Gasteiger partial charge in [0.2, 0.25) is 0 Å². The van der Waals surface area contributed by atoms with E-state index >= 15 is 0 Å². The molecule has 5 heteroatoms. The summed E-state index contributed by atoms with van der Waals surface area (Å²) in [6, 6.07) is 46.2. The molecule has 0 unspecified atom stereocenters. The van der Waals surface area contributed by atoms with Crippen LogP contribution in [-0.4, -0.2) is 17.6 Å². The fourth-order valence-electron chi connectivity index (χ4n) is 7.96. The number of hydrogen-bond acceptors (Lipinski definition) is 3. The zero-order chi connectivity index (χ0) is 32.3.